The summed E-state index contributed by atoms with van der Waals surface area (Å²) in [4.78, 5) is 90.7. The zero-order chi connectivity index (χ0) is 96.7. The SMILES string of the molecule is CCC1(Cn2ccnc2[N+](=O)[O-])COC(C)(C)OC1.CCCCN(CCCC)C(=O)c1ccc(S(=O)(=O)F)cc1.CCCCN(CCCC)C(=O)c1ccc(S(=O)(=O)F)cc1.CCCCN(CCCC)C(=O)c1ccc(S(=O)(=O)OCC2(Cn3ccnc3[N+](=O)[O-])COC(C)(C)OC2)cc1.O=C(Cl)c1ccc(S(=O)(=O)F)cc1.O=C(O)c1ccc(S(=O)(=O)F)cc1.[2H][B].[U]. The summed E-state index contributed by atoms with van der Waals surface area (Å²) in [6, 6.07) is 23.7. The largest absolute Gasteiger partial charge is 0.478 e. The van der Waals surface area contributed by atoms with E-state index in [4.69, 9.17) is 41.2 Å². The molecule has 2 aliphatic heterocycles. The summed E-state index contributed by atoms with van der Waals surface area (Å²) in [5, 5.41) is 30.0. The fourth-order valence-electron chi connectivity index (χ4n) is 11.7. The standard InChI is InChI=1S/C26H38N4O8S.2C15H22FNO3S.C12H19N3O4.C7H4ClFO3S.C7H5FO4S.BH.U/c1-5-7-14-28(15-8-6-2)23(31)21-9-11-22(12-10-21)39(34,35)38-20-26(18-36-25(3,4)37-19-26)17-29-16-13-27-24(29)30(32)33;2*1-3-5-11-17(12-6-4-2)15(18)13-7-9-14(10-8-13)21(16,19)20;1-4-12(8-18-11(2,3)19-9-12)7-14-6-5-13-10(14)15(16)17;8-7(10)5-1-3-6(4-2-5)13(9,11)12;8-13(11,12)6-3-1-5(2-4-6)7(9)10;;/h9-13,16H,5-8,14-15,17-20H2,1-4H3;2*7-10H,3-6,11-12H2,1-2H3;5-6H,4,7-9H2,1-3H3;1-4H;1-4H,(H,9,10);1H;/i;;;;;;1D;. The zero-order valence-corrected chi connectivity index (χ0v) is 82.0. The molecule has 2 saturated heterocycles. The molecule has 3 amide bonds. The Morgan fingerprint density at radius 2 is 0.695 bits per heavy atom. The molecule has 128 heavy (non-hydrogen) atoms. The maximum absolute atomic E-state index is 13.1. The minimum Gasteiger partial charge on any atom is -0.478 e. The Morgan fingerprint density at radius 1 is 0.453 bits per heavy atom. The molecule has 2 aliphatic rings. The summed E-state index contributed by atoms with van der Waals surface area (Å²) in [5.74, 6) is -3.61. The second-order valence-electron chi connectivity index (χ2n) is 30.2. The molecule has 5 aromatic carbocycles. The van der Waals surface area contributed by atoms with E-state index in [2.05, 4.69) is 59.9 Å². The number of carboxylic acids is 1. The Morgan fingerprint density at radius 3 is 0.930 bits per heavy atom. The summed E-state index contributed by atoms with van der Waals surface area (Å²) < 4.78 is 197. The van der Waals surface area contributed by atoms with Crippen LogP contribution in [0.15, 0.2) is 171 Å². The first-order valence-corrected chi connectivity index (χ1v) is 47.6. The second-order valence-corrected chi connectivity index (χ2v) is 37.5. The average molecular weight is 2140 g/mol. The number of hydrogen-bond acceptors (Lipinski definition) is 26. The van der Waals surface area contributed by atoms with Crippen LogP contribution < -0.4 is 0 Å². The van der Waals surface area contributed by atoms with Crippen molar-refractivity contribution in [3.05, 3.63) is 194 Å². The van der Waals surface area contributed by atoms with Crippen LogP contribution in [-0.4, -0.2) is 213 Å². The van der Waals surface area contributed by atoms with Crippen molar-refractivity contribution in [2.45, 2.75) is 209 Å². The number of rotatable bonds is 38. The number of amides is 3. The van der Waals surface area contributed by atoms with Gasteiger partial charge in [0.15, 0.2) is 11.6 Å². The molecule has 4 heterocycles. The topological polar surface area (TPSA) is 454 Å². The van der Waals surface area contributed by atoms with Crippen molar-refractivity contribution in [3.63, 3.8) is 0 Å². The van der Waals surface area contributed by atoms with Crippen molar-refractivity contribution < 1.29 is 151 Å². The molecule has 706 valence electrons. The van der Waals surface area contributed by atoms with Gasteiger partial charge in [-0.15, -0.1) is 15.5 Å². The van der Waals surface area contributed by atoms with E-state index >= 15 is 0 Å². The van der Waals surface area contributed by atoms with E-state index in [0.717, 1.165) is 156 Å². The van der Waals surface area contributed by atoms with Crippen LogP contribution in [0.3, 0.4) is 0 Å². The number of halogens is 5. The summed E-state index contributed by atoms with van der Waals surface area (Å²) in [6.45, 7) is 26.8. The Bertz CT molecular complexity index is 5100. The number of carboxylic acid groups (broad SMARTS) is 1. The van der Waals surface area contributed by atoms with Crippen molar-refractivity contribution in [3.8, 4) is 0 Å². The van der Waals surface area contributed by atoms with Crippen molar-refractivity contribution in [2.75, 3.05) is 72.3 Å². The van der Waals surface area contributed by atoms with Gasteiger partial charge in [-0.05, 0) is 217 Å². The predicted molar refractivity (Wildman–Crippen MR) is 465 cm³/mol. The molecule has 0 aliphatic carbocycles. The number of carbonyl (C=O) groups is 5. The van der Waals surface area contributed by atoms with Crippen molar-refractivity contribution >= 4 is 112 Å². The summed E-state index contributed by atoms with van der Waals surface area (Å²) in [5.41, 5.74) is -0.0867. The van der Waals surface area contributed by atoms with Crippen LogP contribution >= 0.6 is 11.6 Å². The van der Waals surface area contributed by atoms with E-state index in [9.17, 15) is 102 Å². The van der Waals surface area contributed by atoms with Gasteiger partial charge in [-0.1, -0.05) is 97.0 Å². The van der Waals surface area contributed by atoms with Crippen LogP contribution in [0.1, 0.15) is 211 Å². The number of unbranched alkanes of at least 4 members (excludes halogenated alkanes) is 6. The third-order valence-corrected chi connectivity index (χ3v) is 24.2. The van der Waals surface area contributed by atoms with Crippen LogP contribution in [-0.2, 0) is 87.2 Å². The molecule has 0 unspecified atom stereocenters. The van der Waals surface area contributed by atoms with Crippen LogP contribution in [0.5, 0.6) is 0 Å². The molecule has 0 atom stereocenters. The average Bonchev–Trinajstić information content (AvgIpc) is 1.78. The molecule has 46 heteroatoms. The molecule has 0 spiro atoms. The third kappa shape index (κ3) is 38.5. The zero-order valence-electron chi connectivity index (χ0n) is 74.0. The van der Waals surface area contributed by atoms with Crippen LogP contribution in [0.2, 0.25) is 0 Å². The number of aromatic carboxylic acids is 1. The van der Waals surface area contributed by atoms with Gasteiger partial charge in [-0.25, -0.2) is 13.9 Å². The summed E-state index contributed by atoms with van der Waals surface area (Å²) in [7, 11) is -19.3. The summed E-state index contributed by atoms with van der Waals surface area (Å²) >= 11 is 5.09. The molecular formula is C82H111BClF4N9O25S5U. The Kier molecular flexibility index (Phi) is 47.8. The molecule has 1 N–H and O–H groups in total. The molecule has 0 bridgehead atoms. The van der Waals surface area contributed by atoms with Crippen LogP contribution in [0.25, 0.3) is 0 Å². The van der Waals surface area contributed by atoms with Crippen LogP contribution in [0, 0.1) is 62.2 Å². The van der Waals surface area contributed by atoms with Gasteiger partial charge in [0.1, 0.15) is 24.8 Å². The van der Waals surface area contributed by atoms with Gasteiger partial charge in [-0.3, -0.25) is 23.4 Å². The number of nitro groups is 2. The van der Waals surface area contributed by atoms with Gasteiger partial charge in [0.25, 0.3) is 33.1 Å². The molecule has 2 aromatic heterocycles. The summed E-state index contributed by atoms with van der Waals surface area (Å²) in [6.07, 6.45) is 18.0. The second kappa shape index (κ2) is 53.8. The van der Waals surface area contributed by atoms with E-state index in [-0.39, 0.29) is 109 Å². The molecule has 7 aromatic rings. The molecule has 9 rings (SSSR count). The minimum absolute atomic E-state index is 0. The van der Waals surface area contributed by atoms with Gasteiger partial charge >= 0.3 is 58.8 Å². The first-order valence-electron chi connectivity index (χ1n) is 40.8. The van der Waals surface area contributed by atoms with E-state index < -0.39 is 109 Å². The van der Waals surface area contributed by atoms with E-state index in [1.54, 1.807) is 39.3 Å². The predicted octanol–water partition coefficient (Wildman–Crippen LogP) is 14.9. The maximum atomic E-state index is 13.1. The number of nitrogens with zero attached hydrogens (tertiary/aromatic N) is 9. The van der Waals surface area contributed by atoms with E-state index in [0.29, 0.717) is 75.7 Å². The molecule has 2 fully saturated rings. The smallest absolute Gasteiger partial charge is 0.434 e. The van der Waals surface area contributed by atoms with Gasteiger partial charge in [-0.2, -0.15) is 42.1 Å². The van der Waals surface area contributed by atoms with Gasteiger partial charge in [0.2, 0.25) is 0 Å². The number of hydrogen-bond donors (Lipinski definition) is 1. The quantitative estimate of drug-likeness (QED) is 0.00937. The first kappa shape index (κ1) is 114. The molecule has 2 radical (unpaired) electrons. The van der Waals surface area contributed by atoms with E-state index in [1.165, 1.54) is 71.7 Å². The van der Waals surface area contributed by atoms with Gasteiger partial charge in [0.05, 0.1) is 81.6 Å². The fraction of sp³-hybridized carbons (Fsp3) is 0.500. The van der Waals surface area contributed by atoms with Crippen molar-refractivity contribution in [1.29, 1.82) is 1.34 Å². The van der Waals surface area contributed by atoms with E-state index in [1.807, 2.05) is 20.8 Å². The van der Waals surface area contributed by atoms with Gasteiger partial charge in [0, 0.05) is 106 Å². The number of benzene rings is 5. The Balaban J connectivity index is 0.000000545. The van der Waals surface area contributed by atoms with Crippen molar-refractivity contribution in [2.24, 2.45) is 10.8 Å². The fourth-order valence-corrected chi connectivity index (χ4v) is 14.6. The maximum Gasteiger partial charge on any atom is 0.434 e. The third-order valence-electron chi connectivity index (χ3n) is 19.4. The number of carbonyl (C=O) groups excluding carboxylic acids is 4. The van der Waals surface area contributed by atoms with Gasteiger partial charge < -0.3 is 59.0 Å². The Hall–Kier alpha value is -8.45. The molecule has 0 saturated carbocycles. The monoisotopic (exact) mass is 2140 g/mol. The first-order chi connectivity index (χ1) is 59.9. The molecular weight excluding hydrogens is 2030 g/mol. The number of aromatic nitrogens is 4. The number of imidazole rings is 2. The number of ether oxygens (including phenoxy) is 4. The van der Waals surface area contributed by atoms with Crippen LogP contribution in [0.4, 0.5) is 27.4 Å². The molecule has 34 nitrogen and oxygen atoms in total. The normalized spacial score (nSPS) is 14.3. The van der Waals surface area contributed by atoms with Crippen molar-refractivity contribution in [1.82, 2.24) is 33.8 Å². The Labute approximate surface area is 778 Å². The minimum atomic E-state index is -4.74.